The first kappa shape index (κ1) is 21.6. The predicted octanol–water partition coefficient (Wildman–Crippen LogP) is 2.69. The lowest BCUT2D eigenvalue weighted by molar-refractivity contribution is 0.0923. The molecular formula is C20H30ClN3O3S. The van der Waals surface area contributed by atoms with E-state index in [0.29, 0.717) is 30.7 Å². The Labute approximate surface area is 173 Å². The number of fused-ring (bicyclic) bond motifs is 2. The molecule has 3 fully saturated rings. The summed E-state index contributed by atoms with van der Waals surface area (Å²) >= 11 is 0. The second-order valence-corrected chi connectivity index (χ2v) is 10.1. The molecule has 0 aromatic heterocycles. The van der Waals surface area contributed by atoms with Gasteiger partial charge in [-0.1, -0.05) is 18.9 Å². The van der Waals surface area contributed by atoms with Crippen LogP contribution in [-0.2, 0) is 10.0 Å². The van der Waals surface area contributed by atoms with Crippen molar-refractivity contribution >= 4 is 28.3 Å². The highest BCUT2D eigenvalue weighted by atomic mass is 35.5. The Morgan fingerprint density at radius 3 is 2.32 bits per heavy atom. The third-order valence-corrected chi connectivity index (χ3v) is 8.00. The maximum absolute atomic E-state index is 13.0. The molecule has 3 aliphatic heterocycles. The van der Waals surface area contributed by atoms with Crippen molar-refractivity contribution in [2.75, 3.05) is 13.1 Å². The lowest BCUT2D eigenvalue weighted by atomic mass is 9.99. The van der Waals surface area contributed by atoms with Crippen LogP contribution in [0, 0.1) is 0 Å². The minimum atomic E-state index is -3.54. The average molecular weight is 428 g/mol. The summed E-state index contributed by atoms with van der Waals surface area (Å²) in [4.78, 5) is 12.9. The second-order valence-electron chi connectivity index (χ2n) is 8.13. The van der Waals surface area contributed by atoms with Gasteiger partial charge in [-0.3, -0.25) is 4.79 Å². The van der Waals surface area contributed by atoms with Gasteiger partial charge >= 0.3 is 0 Å². The number of halogens is 1. The standard InChI is InChI=1S/C20H29N3O3S.ClH/c24-20(22-18-13-16-8-9-17(14-18)21-16)15-6-5-7-19(12-15)27(25,26)23-10-3-1-2-4-11-23;/h5-7,12,16-18,21H,1-4,8-11,13-14H2,(H,22,24);1H. The van der Waals surface area contributed by atoms with Crippen LogP contribution in [0.5, 0.6) is 0 Å². The monoisotopic (exact) mass is 427 g/mol. The molecule has 4 rings (SSSR count). The fraction of sp³-hybridized carbons (Fsp3) is 0.650. The SMILES string of the molecule is Cl.O=C(NC1CC2CCC(C1)N2)c1cccc(S(=O)(=O)N2CCCCCC2)c1. The van der Waals surface area contributed by atoms with E-state index in [1.807, 2.05) is 0 Å². The molecule has 8 heteroatoms. The summed E-state index contributed by atoms with van der Waals surface area (Å²) in [6.45, 7) is 1.13. The molecule has 3 aliphatic rings. The van der Waals surface area contributed by atoms with Gasteiger partial charge in [0, 0.05) is 36.8 Å². The molecule has 0 radical (unpaired) electrons. The molecule has 1 aromatic carbocycles. The summed E-state index contributed by atoms with van der Waals surface area (Å²) < 4.78 is 27.5. The molecule has 1 aromatic rings. The van der Waals surface area contributed by atoms with Crippen LogP contribution >= 0.6 is 12.4 Å². The van der Waals surface area contributed by atoms with Crippen LogP contribution in [0.25, 0.3) is 0 Å². The van der Waals surface area contributed by atoms with Crippen LogP contribution in [0.1, 0.15) is 61.7 Å². The molecular weight excluding hydrogens is 398 g/mol. The first-order chi connectivity index (χ1) is 13.0. The zero-order valence-electron chi connectivity index (χ0n) is 16.1. The van der Waals surface area contributed by atoms with Gasteiger partial charge in [0.2, 0.25) is 10.0 Å². The second kappa shape index (κ2) is 9.11. The topological polar surface area (TPSA) is 78.5 Å². The molecule has 1 amide bonds. The summed E-state index contributed by atoms with van der Waals surface area (Å²) in [6.07, 6.45) is 8.22. The van der Waals surface area contributed by atoms with Gasteiger partial charge in [-0.25, -0.2) is 8.42 Å². The summed E-state index contributed by atoms with van der Waals surface area (Å²) in [7, 11) is -3.54. The van der Waals surface area contributed by atoms with Gasteiger partial charge in [-0.15, -0.1) is 12.4 Å². The maximum atomic E-state index is 13.0. The van der Waals surface area contributed by atoms with Crippen molar-refractivity contribution < 1.29 is 13.2 Å². The largest absolute Gasteiger partial charge is 0.349 e. The Kier molecular flexibility index (Phi) is 7.02. The fourth-order valence-electron chi connectivity index (χ4n) is 4.67. The summed E-state index contributed by atoms with van der Waals surface area (Å²) in [6, 6.07) is 7.68. The molecule has 3 saturated heterocycles. The number of amides is 1. The van der Waals surface area contributed by atoms with Gasteiger partial charge in [-0.05, 0) is 56.7 Å². The van der Waals surface area contributed by atoms with Crippen molar-refractivity contribution in [1.29, 1.82) is 0 Å². The number of nitrogens with zero attached hydrogens (tertiary/aromatic N) is 1. The van der Waals surface area contributed by atoms with Crippen LogP contribution < -0.4 is 10.6 Å². The van der Waals surface area contributed by atoms with Crippen LogP contribution in [0.2, 0.25) is 0 Å². The molecule has 0 saturated carbocycles. The molecule has 6 nitrogen and oxygen atoms in total. The number of nitrogens with one attached hydrogen (secondary N) is 2. The Morgan fingerprint density at radius 2 is 1.68 bits per heavy atom. The minimum absolute atomic E-state index is 0. The molecule has 156 valence electrons. The van der Waals surface area contributed by atoms with Crippen molar-refractivity contribution in [3.63, 3.8) is 0 Å². The highest BCUT2D eigenvalue weighted by molar-refractivity contribution is 7.89. The first-order valence-electron chi connectivity index (χ1n) is 10.2. The Balaban J connectivity index is 0.00000225. The van der Waals surface area contributed by atoms with E-state index in [1.165, 1.54) is 18.9 Å². The Morgan fingerprint density at radius 1 is 1.04 bits per heavy atom. The number of carbonyl (C=O) groups is 1. The Hall–Kier alpha value is -1.15. The highest BCUT2D eigenvalue weighted by Crippen LogP contribution is 2.27. The van der Waals surface area contributed by atoms with E-state index in [1.54, 1.807) is 22.5 Å². The van der Waals surface area contributed by atoms with Crippen LogP contribution in [-0.4, -0.2) is 49.8 Å². The van der Waals surface area contributed by atoms with E-state index >= 15 is 0 Å². The van der Waals surface area contributed by atoms with E-state index in [9.17, 15) is 13.2 Å². The molecule has 2 N–H and O–H groups in total. The zero-order valence-corrected chi connectivity index (χ0v) is 17.7. The van der Waals surface area contributed by atoms with E-state index in [2.05, 4.69) is 10.6 Å². The maximum Gasteiger partial charge on any atom is 0.251 e. The van der Waals surface area contributed by atoms with Crippen LogP contribution in [0.4, 0.5) is 0 Å². The zero-order chi connectivity index (χ0) is 18.9. The van der Waals surface area contributed by atoms with Gasteiger partial charge in [0.05, 0.1) is 4.90 Å². The normalized spacial score (nSPS) is 28.2. The van der Waals surface area contributed by atoms with E-state index in [0.717, 1.165) is 38.5 Å². The van der Waals surface area contributed by atoms with Crippen molar-refractivity contribution in [2.45, 2.75) is 74.4 Å². The summed E-state index contributed by atoms with van der Waals surface area (Å²) in [5.41, 5.74) is 0.428. The van der Waals surface area contributed by atoms with Crippen molar-refractivity contribution in [3.05, 3.63) is 29.8 Å². The Bertz CT molecular complexity index is 782. The summed E-state index contributed by atoms with van der Waals surface area (Å²) in [5, 5.41) is 6.68. The highest BCUT2D eigenvalue weighted by Gasteiger charge is 2.34. The smallest absolute Gasteiger partial charge is 0.251 e. The van der Waals surface area contributed by atoms with Crippen molar-refractivity contribution in [1.82, 2.24) is 14.9 Å². The molecule has 2 unspecified atom stereocenters. The van der Waals surface area contributed by atoms with Crippen molar-refractivity contribution in [2.24, 2.45) is 0 Å². The molecule has 2 atom stereocenters. The fourth-order valence-corrected chi connectivity index (χ4v) is 6.24. The lowest BCUT2D eigenvalue weighted by Gasteiger charge is -2.29. The number of hydrogen-bond donors (Lipinski definition) is 2. The van der Waals surface area contributed by atoms with E-state index in [-0.39, 0.29) is 29.3 Å². The number of carbonyl (C=O) groups excluding carboxylic acids is 1. The van der Waals surface area contributed by atoms with Crippen LogP contribution in [0.15, 0.2) is 29.2 Å². The van der Waals surface area contributed by atoms with Gasteiger partial charge < -0.3 is 10.6 Å². The van der Waals surface area contributed by atoms with Gasteiger partial charge in [-0.2, -0.15) is 4.31 Å². The summed E-state index contributed by atoms with van der Waals surface area (Å²) in [5.74, 6) is -0.172. The molecule has 2 bridgehead atoms. The first-order valence-corrected chi connectivity index (χ1v) is 11.6. The number of sulfonamides is 1. The number of piperidine rings is 1. The molecule has 3 heterocycles. The predicted molar refractivity (Wildman–Crippen MR) is 111 cm³/mol. The van der Waals surface area contributed by atoms with Gasteiger partial charge in [0.15, 0.2) is 0 Å². The van der Waals surface area contributed by atoms with Crippen molar-refractivity contribution in [3.8, 4) is 0 Å². The molecule has 0 aliphatic carbocycles. The van der Waals surface area contributed by atoms with E-state index < -0.39 is 10.0 Å². The number of rotatable bonds is 4. The average Bonchev–Trinajstić information content (AvgIpc) is 2.87. The van der Waals surface area contributed by atoms with Gasteiger partial charge in [0.25, 0.3) is 5.91 Å². The molecule has 0 spiro atoms. The third kappa shape index (κ3) is 4.70. The van der Waals surface area contributed by atoms with Crippen LogP contribution in [0.3, 0.4) is 0 Å². The molecule has 28 heavy (non-hydrogen) atoms. The number of benzene rings is 1. The quantitative estimate of drug-likeness (QED) is 0.774. The van der Waals surface area contributed by atoms with Gasteiger partial charge in [0.1, 0.15) is 0 Å². The third-order valence-electron chi connectivity index (χ3n) is 6.11. The number of hydrogen-bond acceptors (Lipinski definition) is 4. The minimum Gasteiger partial charge on any atom is -0.349 e. The van der Waals surface area contributed by atoms with E-state index in [4.69, 9.17) is 0 Å². The lowest BCUT2D eigenvalue weighted by Crippen LogP contribution is -2.48.